The van der Waals surface area contributed by atoms with Crippen LogP contribution in [-0.4, -0.2) is 29.7 Å². The van der Waals surface area contributed by atoms with Gasteiger partial charge in [-0.1, -0.05) is 23.7 Å². The second-order valence-corrected chi connectivity index (χ2v) is 8.01. The molecule has 2 aromatic carbocycles. The van der Waals surface area contributed by atoms with Gasteiger partial charge in [0.1, 0.15) is 11.3 Å². The van der Waals surface area contributed by atoms with E-state index in [1.807, 2.05) is 49.6 Å². The van der Waals surface area contributed by atoms with Gasteiger partial charge < -0.3 is 9.88 Å². The van der Waals surface area contributed by atoms with E-state index in [9.17, 15) is 4.39 Å². The first-order valence-electron chi connectivity index (χ1n) is 9.82. The lowest BCUT2D eigenvalue weighted by Crippen LogP contribution is -2.03. The van der Waals surface area contributed by atoms with Crippen LogP contribution in [0.2, 0.25) is 5.02 Å². The molecule has 0 radical (unpaired) electrons. The molecule has 0 amide bonds. The van der Waals surface area contributed by atoms with Gasteiger partial charge in [-0.05, 0) is 39.0 Å². The Hall–Kier alpha value is -3.52. The molecule has 0 saturated heterocycles. The summed E-state index contributed by atoms with van der Waals surface area (Å²) in [6.45, 7) is 5.94. The predicted molar refractivity (Wildman–Crippen MR) is 120 cm³/mol. The van der Waals surface area contributed by atoms with E-state index < -0.39 is 5.82 Å². The molecule has 0 atom stereocenters. The van der Waals surface area contributed by atoms with E-state index >= 15 is 0 Å². The van der Waals surface area contributed by atoms with Crippen LogP contribution in [0.25, 0.3) is 33.2 Å². The number of aromatic nitrogens is 6. The number of hydrogen-bond donors (Lipinski definition) is 2. The van der Waals surface area contributed by atoms with Crippen molar-refractivity contribution in [2.75, 3.05) is 5.32 Å². The SMILES string of the molecule is Cc1nc2c(F)cc(-c3nc(Nc4cccc5cn[nH]c45)ncc3Cl)cc2n1C(C)C. The fourth-order valence-electron chi connectivity index (χ4n) is 3.88. The Kier molecular flexibility index (Phi) is 4.59. The number of rotatable bonds is 4. The zero-order valence-corrected chi connectivity index (χ0v) is 17.9. The number of halogens is 2. The number of H-pyrrole nitrogens is 1. The van der Waals surface area contributed by atoms with Crippen LogP contribution < -0.4 is 5.32 Å². The van der Waals surface area contributed by atoms with Crippen LogP contribution in [0.15, 0.2) is 42.7 Å². The van der Waals surface area contributed by atoms with Gasteiger partial charge in [-0.3, -0.25) is 5.10 Å². The Balaban J connectivity index is 1.62. The molecule has 0 aliphatic carbocycles. The van der Waals surface area contributed by atoms with Crippen molar-refractivity contribution in [3.05, 3.63) is 59.4 Å². The Morgan fingerprint density at radius 3 is 2.81 bits per heavy atom. The molecule has 9 heteroatoms. The fourth-order valence-corrected chi connectivity index (χ4v) is 4.08. The summed E-state index contributed by atoms with van der Waals surface area (Å²) in [5.41, 5.74) is 3.65. The average molecular weight is 436 g/mol. The molecule has 156 valence electrons. The van der Waals surface area contributed by atoms with Crippen molar-refractivity contribution in [2.45, 2.75) is 26.8 Å². The molecule has 0 aliphatic heterocycles. The highest BCUT2D eigenvalue weighted by molar-refractivity contribution is 6.33. The van der Waals surface area contributed by atoms with E-state index in [4.69, 9.17) is 11.6 Å². The highest BCUT2D eigenvalue weighted by Gasteiger charge is 2.18. The lowest BCUT2D eigenvalue weighted by atomic mass is 10.1. The zero-order chi connectivity index (χ0) is 21.7. The molecular weight excluding hydrogens is 417 g/mol. The Labute approximate surface area is 182 Å². The maximum absolute atomic E-state index is 14.9. The molecule has 7 nitrogen and oxygen atoms in total. The molecule has 0 bridgehead atoms. The van der Waals surface area contributed by atoms with E-state index in [0.717, 1.165) is 22.4 Å². The van der Waals surface area contributed by atoms with Gasteiger partial charge in [-0.15, -0.1) is 0 Å². The van der Waals surface area contributed by atoms with Crippen LogP contribution in [0.3, 0.4) is 0 Å². The standard InChI is InChI=1S/C22H19ClFN7/c1-11(2)31-12(3)27-21-16(24)7-14(8-18(21)31)19-15(23)10-25-22(29-19)28-17-6-4-5-13-9-26-30-20(13)17/h4-11H,1-3H3,(H,26,30)(H,25,28,29). The van der Waals surface area contributed by atoms with Crippen LogP contribution in [0.5, 0.6) is 0 Å². The zero-order valence-electron chi connectivity index (χ0n) is 17.1. The van der Waals surface area contributed by atoms with Gasteiger partial charge in [0.2, 0.25) is 5.95 Å². The van der Waals surface area contributed by atoms with Crippen molar-refractivity contribution >= 4 is 45.2 Å². The van der Waals surface area contributed by atoms with Gasteiger partial charge in [-0.25, -0.2) is 19.3 Å². The van der Waals surface area contributed by atoms with Gasteiger partial charge in [-0.2, -0.15) is 5.10 Å². The van der Waals surface area contributed by atoms with Gasteiger partial charge in [0, 0.05) is 17.0 Å². The van der Waals surface area contributed by atoms with Gasteiger partial charge in [0.05, 0.1) is 39.8 Å². The second-order valence-electron chi connectivity index (χ2n) is 7.60. The topological polar surface area (TPSA) is 84.3 Å². The third kappa shape index (κ3) is 3.29. The molecule has 0 spiro atoms. The van der Waals surface area contributed by atoms with Crippen molar-refractivity contribution < 1.29 is 4.39 Å². The first-order chi connectivity index (χ1) is 14.9. The van der Waals surface area contributed by atoms with Crippen LogP contribution in [0, 0.1) is 12.7 Å². The summed E-state index contributed by atoms with van der Waals surface area (Å²) >= 11 is 6.41. The number of nitrogens with zero attached hydrogens (tertiary/aromatic N) is 5. The number of nitrogens with one attached hydrogen (secondary N) is 2. The van der Waals surface area contributed by atoms with Crippen molar-refractivity contribution in [3.8, 4) is 11.3 Å². The lowest BCUT2D eigenvalue weighted by molar-refractivity contribution is 0.600. The molecule has 0 saturated carbocycles. The van der Waals surface area contributed by atoms with E-state index in [1.54, 1.807) is 6.20 Å². The lowest BCUT2D eigenvalue weighted by Gasteiger charge is -2.12. The van der Waals surface area contributed by atoms with Crippen LogP contribution in [0.4, 0.5) is 16.0 Å². The number of imidazole rings is 1. The highest BCUT2D eigenvalue weighted by atomic mass is 35.5. The number of aromatic amines is 1. The summed E-state index contributed by atoms with van der Waals surface area (Å²) in [4.78, 5) is 13.2. The maximum atomic E-state index is 14.9. The molecule has 0 unspecified atom stereocenters. The summed E-state index contributed by atoms with van der Waals surface area (Å²) in [6.07, 6.45) is 3.25. The number of anilines is 2. The molecule has 0 fully saturated rings. The van der Waals surface area contributed by atoms with Gasteiger partial charge >= 0.3 is 0 Å². The summed E-state index contributed by atoms with van der Waals surface area (Å²) in [6, 6.07) is 9.17. The first-order valence-corrected chi connectivity index (χ1v) is 10.2. The minimum atomic E-state index is -0.415. The Bertz CT molecular complexity index is 1440. The number of benzene rings is 2. The minimum Gasteiger partial charge on any atom is -0.326 e. The first kappa shape index (κ1) is 19.4. The number of para-hydroxylation sites is 1. The van der Waals surface area contributed by atoms with Crippen molar-refractivity contribution in [2.24, 2.45) is 0 Å². The minimum absolute atomic E-state index is 0.132. The average Bonchev–Trinajstić information content (AvgIpc) is 3.34. The molecule has 3 aromatic heterocycles. The molecule has 31 heavy (non-hydrogen) atoms. The summed E-state index contributed by atoms with van der Waals surface area (Å²) in [5, 5.41) is 11.5. The summed E-state index contributed by atoms with van der Waals surface area (Å²) < 4.78 is 16.9. The van der Waals surface area contributed by atoms with E-state index in [0.29, 0.717) is 33.3 Å². The molecule has 2 N–H and O–H groups in total. The second kappa shape index (κ2) is 7.31. The molecule has 3 heterocycles. The normalized spacial score (nSPS) is 11.7. The van der Waals surface area contributed by atoms with Crippen LogP contribution in [0.1, 0.15) is 25.7 Å². The fraction of sp³-hybridized carbons (Fsp3) is 0.182. The molecule has 5 rings (SSSR count). The summed E-state index contributed by atoms with van der Waals surface area (Å²) in [5.74, 6) is 0.682. The largest absolute Gasteiger partial charge is 0.326 e. The van der Waals surface area contributed by atoms with E-state index in [1.165, 1.54) is 12.3 Å². The number of hydrogen-bond acceptors (Lipinski definition) is 5. The van der Waals surface area contributed by atoms with Crippen molar-refractivity contribution in [1.29, 1.82) is 0 Å². The highest BCUT2D eigenvalue weighted by Crippen LogP contribution is 2.33. The molecule has 5 aromatic rings. The van der Waals surface area contributed by atoms with Gasteiger partial charge in [0.15, 0.2) is 5.82 Å². The molecular formula is C22H19ClFN7. The monoisotopic (exact) mass is 435 g/mol. The maximum Gasteiger partial charge on any atom is 0.227 e. The molecule has 0 aliphatic rings. The summed E-state index contributed by atoms with van der Waals surface area (Å²) in [7, 11) is 0. The van der Waals surface area contributed by atoms with Crippen LogP contribution >= 0.6 is 11.6 Å². The Morgan fingerprint density at radius 1 is 1.16 bits per heavy atom. The predicted octanol–water partition coefficient (Wildman–Crippen LogP) is 5.80. The number of fused-ring (bicyclic) bond motifs is 2. The third-order valence-electron chi connectivity index (χ3n) is 5.18. The number of aryl methyl sites for hydroxylation is 1. The van der Waals surface area contributed by atoms with Crippen LogP contribution in [-0.2, 0) is 0 Å². The van der Waals surface area contributed by atoms with Gasteiger partial charge in [0.25, 0.3) is 0 Å². The quantitative estimate of drug-likeness (QED) is 0.373. The van der Waals surface area contributed by atoms with E-state index in [2.05, 4.69) is 30.5 Å². The third-order valence-corrected chi connectivity index (χ3v) is 5.46. The van der Waals surface area contributed by atoms with E-state index in [-0.39, 0.29) is 6.04 Å². The van der Waals surface area contributed by atoms with Crippen molar-refractivity contribution in [3.63, 3.8) is 0 Å². The Morgan fingerprint density at radius 2 is 2.00 bits per heavy atom. The smallest absolute Gasteiger partial charge is 0.227 e. The van der Waals surface area contributed by atoms with Crippen molar-refractivity contribution in [1.82, 2.24) is 29.7 Å².